The Balaban J connectivity index is 1.66. The topological polar surface area (TPSA) is 112 Å². The van der Waals surface area contributed by atoms with Crippen LogP contribution in [0.5, 0.6) is 0 Å². The molecule has 1 aliphatic rings. The molecule has 0 unspecified atom stereocenters. The van der Waals surface area contributed by atoms with Crippen LogP contribution in [0.2, 0.25) is 0 Å². The fourth-order valence-corrected chi connectivity index (χ4v) is 4.95. The molecule has 3 rings (SSSR count). The number of aryl methyl sites for hydroxylation is 1. The van der Waals surface area contributed by atoms with Crippen LogP contribution in [0, 0.1) is 12.3 Å². The van der Waals surface area contributed by atoms with Gasteiger partial charge in [-0.05, 0) is 30.4 Å². The third kappa shape index (κ3) is 6.28. The van der Waals surface area contributed by atoms with E-state index >= 15 is 0 Å². The summed E-state index contributed by atoms with van der Waals surface area (Å²) in [5.41, 5.74) is 4.35. The summed E-state index contributed by atoms with van der Waals surface area (Å²) >= 11 is 1.59. The van der Waals surface area contributed by atoms with E-state index in [1.165, 1.54) is 11.8 Å². The van der Waals surface area contributed by atoms with E-state index in [1.807, 2.05) is 57.5 Å². The first kappa shape index (κ1) is 26.0. The van der Waals surface area contributed by atoms with Crippen molar-refractivity contribution in [3.63, 3.8) is 0 Å². The maximum absolute atomic E-state index is 13.4. The van der Waals surface area contributed by atoms with E-state index in [9.17, 15) is 19.5 Å². The van der Waals surface area contributed by atoms with Gasteiger partial charge in [0.1, 0.15) is 11.8 Å². The molecule has 1 aliphatic heterocycles. The summed E-state index contributed by atoms with van der Waals surface area (Å²) in [5, 5.41) is 16.2. The molecule has 8 nitrogen and oxygen atoms in total. The van der Waals surface area contributed by atoms with Gasteiger partial charge in [0.2, 0.25) is 11.8 Å². The van der Waals surface area contributed by atoms with E-state index in [1.54, 1.807) is 11.3 Å². The zero-order valence-electron chi connectivity index (χ0n) is 20.4. The fraction of sp³-hybridized carbons (Fsp3) is 0.520. The average Bonchev–Trinajstić information content (AvgIpc) is 3.36. The molecule has 184 valence electrons. The molecular weight excluding hydrogens is 452 g/mol. The number of Topliss-reactive ketones (excluding diaryl/α,β-unsaturated/α-hetero) is 1. The van der Waals surface area contributed by atoms with Gasteiger partial charge >= 0.3 is 0 Å². The summed E-state index contributed by atoms with van der Waals surface area (Å²) in [7, 11) is 0. The van der Waals surface area contributed by atoms with Gasteiger partial charge in [0.25, 0.3) is 0 Å². The zero-order chi connectivity index (χ0) is 25.0. The predicted octanol–water partition coefficient (Wildman–Crippen LogP) is 2.29. The van der Waals surface area contributed by atoms with Gasteiger partial charge in [0, 0.05) is 19.5 Å². The van der Waals surface area contributed by atoms with Crippen LogP contribution in [0.25, 0.3) is 10.4 Å². The van der Waals surface area contributed by atoms with E-state index in [0.717, 1.165) is 21.7 Å². The SMILES string of the molecule is CC(=O)CN[C@H](C(=O)N1C[C@H](O)C[C@H]1C(=O)NCc1ccc(-c2scnc2C)cc1)C(C)(C)C. The number of likely N-dealkylation sites (tertiary alicyclic amines) is 1. The molecule has 2 heterocycles. The average molecular weight is 487 g/mol. The lowest BCUT2D eigenvalue weighted by atomic mass is 9.85. The predicted molar refractivity (Wildman–Crippen MR) is 132 cm³/mol. The Labute approximate surface area is 204 Å². The number of carbonyl (C=O) groups excluding carboxylic acids is 3. The summed E-state index contributed by atoms with van der Waals surface area (Å²) < 4.78 is 0. The first-order chi connectivity index (χ1) is 16.0. The number of thiazole rings is 1. The first-order valence-electron chi connectivity index (χ1n) is 11.5. The lowest BCUT2D eigenvalue weighted by molar-refractivity contribution is -0.142. The number of aromatic nitrogens is 1. The summed E-state index contributed by atoms with van der Waals surface area (Å²) in [6, 6.07) is 6.52. The molecule has 1 saturated heterocycles. The molecule has 0 aliphatic carbocycles. The first-order valence-corrected chi connectivity index (χ1v) is 12.3. The van der Waals surface area contributed by atoms with Crippen molar-refractivity contribution in [2.24, 2.45) is 5.41 Å². The van der Waals surface area contributed by atoms with Crippen molar-refractivity contribution in [1.82, 2.24) is 20.5 Å². The van der Waals surface area contributed by atoms with E-state index in [4.69, 9.17) is 0 Å². The molecular formula is C25H34N4O4S. The van der Waals surface area contributed by atoms with Crippen LogP contribution in [0.3, 0.4) is 0 Å². The molecule has 1 aromatic carbocycles. The number of carbonyl (C=O) groups is 3. The normalized spacial score (nSPS) is 19.2. The highest BCUT2D eigenvalue weighted by Gasteiger charge is 2.43. The van der Waals surface area contributed by atoms with E-state index in [0.29, 0.717) is 6.54 Å². The van der Waals surface area contributed by atoms with Crippen LogP contribution in [-0.2, 0) is 20.9 Å². The highest BCUT2D eigenvalue weighted by atomic mass is 32.1. The number of nitrogens with zero attached hydrogens (tertiary/aromatic N) is 2. The monoisotopic (exact) mass is 486 g/mol. The molecule has 2 aromatic rings. The largest absolute Gasteiger partial charge is 0.391 e. The zero-order valence-corrected chi connectivity index (χ0v) is 21.2. The van der Waals surface area contributed by atoms with Gasteiger partial charge in [-0.1, -0.05) is 45.0 Å². The molecule has 3 N–H and O–H groups in total. The molecule has 0 spiro atoms. The number of aliphatic hydroxyl groups excluding tert-OH is 1. The Bertz CT molecular complexity index is 1030. The molecule has 9 heteroatoms. The van der Waals surface area contributed by atoms with Gasteiger partial charge in [-0.15, -0.1) is 11.3 Å². The van der Waals surface area contributed by atoms with Gasteiger partial charge in [0.15, 0.2) is 0 Å². The van der Waals surface area contributed by atoms with Crippen molar-refractivity contribution in [3.05, 3.63) is 41.0 Å². The Morgan fingerprint density at radius 1 is 1.24 bits per heavy atom. The number of nitrogens with one attached hydrogen (secondary N) is 2. The lowest BCUT2D eigenvalue weighted by Crippen LogP contribution is -2.57. The van der Waals surface area contributed by atoms with Gasteiger partial charge in [-0.25, -0.2) is 4.98 Å². The van der Waals surface area contributed by atoms with Crippen molar-refractivity contribution in [2.75, 3.05) is 13.1 Å². The maximum atomic E-state index is 13.4. The van der Waals surface area contributed by atoms with Crippen LogP contribution in [-0.4, -0.2) is 63.9 Å². The number of rotatable bonds is 8. The number of β-amino-alcohol motifs (C(OH)–C–C–N with tert-alkyl or cyclic N) is 1. The number of ketones is 1. The van der Waals surface area contributed by atoms with Crippen LogP contribution in [0.1, 0.15) is 45.4 Å². The van der Waals surface area contributed by atoms with Crippen LogP contribution in [0.15, 0.2) is 29.8 Å². The second-order valence-electron chi connectivity index (χ2n) is 9.96. The van der Waals surface area contributed by atoms with Gasteiger partial charge in [-0.3, -0.25) is 19.7 Å². The number of hydrogen-bond acceptors (Lipinski definition) is 7. The number of aliphatic hydroxyl groups is 1. The second-order valence-corrected chi connectivity index (χ2v) is 10.8. The van der Waals surface area contributed by atoms with E-state index in [2.05, 4.69) is 15.6 Å². The van der Waals surface area contributed by atoms with Crippen molar-refractivity contribution in [1.29, 1.82) is 0 Å². The molecule has 1 aromatic heterocycles. The molecule has 3 atom stereocenters. The number of benzene rings is 1. The van der Waals surface area contributed by atoms with E-state index < -0.39 is 23.6 Å². The van der Waals surface area contributed by atoms with Crippen molar-refractivity contribution >= 4 is 28.9 Å². The van der Waals surface area contributed by atoms with Crippen LogP contribution >= 0.6 is 11.3 Å². The molecule has 0 radical (unpaired) electrons. The highest BCUT2D eigenvalue weighted by molar-refractivity contribution is 7.13. The molecule has 34 heavy (non-hydrogen) atoms. The minimum Gasteiger partial charge on any atom is -0.391 e. The molecule has 1 fully saturated rings. The highest BCUT2D eigenvalue weighted by Crippen LogP contribution is 2.28. The summed E-state index contributed by atoms with van der Waals surface area (Å²) in [6.07, 6.45) is -0.583. The third-order valence-electron chi connectivity index (χ3n) is 5.96. The number of amides is 2. The second kappa shape index (κ2) is 10.8. The lowest BCUT2D eigenvalue weighted by Gasteiger charge is -2.35. The van der Waals surface area contributed by atoms with E-state index in [-0.39, 0.29) is 37.1 Å². The Hall–Kier alpha value is -2.62. The summed E-state index contributed by atoms with van der Waals surface area (Å²) in [4.78, 5) is 44.7. The quantitative estimate of drug-likeness (QED) is 0.528. The fourth-order valence-electron chi connectivity index (χ4n) is 4.14. The maximum Gasteiger partial charge on any atom is 0.243 e. The van der Waals surface area contributed by atoms with Crippen molar-refractivity contribution in [2.45, 2.75) is 65.8 Å². The Morgan fingerprint density at radius 2 is 1.91 bits per heavy atom. The van der Waals surface area contributed by atoms with Crippen molar-refractivity contribution in [3.8, 4) is 10.4 Å². The molecule has 0 bridgehead atoms. The third-order valence-corrected chi connectivity index (χ3v) is 6.94. The van der Waals surface area contributed by atoms with Crippen molar-refractivity contribution < 1.29 is 19.5 Å². The standard InChI is InChI=1S/C25H34N4O4S/c1-15(30)11-26-22(25(3,4)5)24(33)29-13-19(31)10-20(29)23(32)27-12-17-6-8-18(9-7-17)21-16(2)28-14-34-21/h6-9,14,19-20,22,26,31H,10-13H2,1-5H3,(H,27,32)/t19-,20+,22-/m1/s1. The minimum absolute atomic E-state index is 0.0674. The van der Waals surface area contributed by atoms with Gasteiger partial charge < -0.3 is 15.3 Å². The van der Waals surface area contributed by atoms with Gasteiger partial charge in [0.05, 0.1) is 34.8 Å². The summed E-state index contributed by atoms with van der Waals surface area (Å²) in [6.45, 7) is 9.62. The Morgan fingerprint density at radius 3 is 2.47 bits per heavy atom. The minimum atomic E-state index is -0.768. The van der Waals surface area contributed by atoms with Gasteiger partial charge in [-0.2, -0.15) is 0 Å². The molecule has 2 amide bonds. The smallest absolute Gasteiger partial charge is 0.243 e. The summed E-state index contributed by atoms with van der Waals surface area (Å²) in [5.74, 6) is -0.657. The van der Waals surface area contributed by atoms with Crippen LogP contribution in [0.4, 0.5) is 0 Å². The number of hydrogen-bond donors (Lipinski definition) is 3. The molecule has 0 saturated carbocycles. The Kier molecular flexibility index (Phi) is 8.22. The van der Waals surface area contributed by atoms with Crippen LogP contribution < -0.4 is 10.6 Å².